The summed E-state index contributed by atoms with van der Waals surface area (Å²) < 4.78 is 5.32. The Hall–Kier alpha value is -2.31. The van der Waals surface area contributed by atoms with Crippen molar-refractivity contribution in [1.29, 1.82) is 0 Å². The fourth-order valence-corrected chi connectivity index (χ4v) is 3.32. The number of anilines is 1. The quantitative estimate of drug-likeness (QED) is 0.837. The molecule has 0 spiro atoms. The maximum Gasteiger partial charge on any atom is 0.249 e. The monoisotopic (exact) mass is 356 g/mol. The number of nitrogens with one attached hydrogen (secondary N) is 1. The SMILES string of the molecule is CSc1ccccc1NC(=O)C1COCC(=O)N1Cc1ccccc1. The fourth-order valence-electron chi connectivity index (χ4n) is 2.76. The van der Waals surface area contributed by atoms with Gasteiger partial charge in [-0.1, -0.05) is 42.5 Å². The predicted molar refractivity (Wildman–Crippen MR) is 98.5 cm³/mol. The minimum absolute atomic E-state index is 0.0119. The second-order valence-corrected chi connectivity index (χ2v) is 6.58. The second-order valence-electron chi connectivity index (χ2n) is 5.73. The van der Waals surface area contributed by atoms with E-state index in [1.807, 2.05) is 60.9 Å². The molecule has 0 aliphatic carbocycles. The van der Waals surface area contributed by atoms with Crippen molar-refractivity contribution < 1.29 is 14.3 Å². The normalized spacial score (nSPS) is 17.4. The van der Waals surface area contributed by atoms with E-state index >= 15 is 0 Å². The highest BCUT2D eigenvalue weighted by Crippen LogP contribution is 2.25. The van der Waals surface area contributed by atoms with Crippen LogP contribution in [0.2, 0.25) is 0 Å². The first kappa shape index (κ1) is 17.5. The van der Waals surface area contributed by atoms with Crippen LogP contribution in [0.15, 0.2) is 59.5 Å². The summed E-state index contributed by atoms with van der Waals surface area (Å²) in [5, 5.41) is 2.93. The Labute approximate surface area is 151 Å². The van der Waals surface area contributed by atoms with E-state index in [-0.39, 0.29) is 25.0 Å². The van der Waals surface area contributed by atoms with Crippen LogP contribution < -0.4 is 5.32 Å². The van der Waals surface area contributed by atoms with E-state index in [1.54, 1.807) is 16.7 Å². The third-order valence-electron chi connectivity index (χ3n) is 4.06. The van der Waals surface area contributed by atoms with E-state index in [2.05, 4.69) is 5.32 Å². The summed E-state index contributed by atoms with van der Waals surface area (Å²) in [4.78, 5) is 27.7. The molecule has 0 bridgehead atoms. The molecule has 1 heterocycles. The molecule has 6 heteroatoms. The molecule has 0 aromatic heterocycles. The van der Waals surface area contributed by atoms with E-state index < -0.39 is 6.04 Å². The lowest BCUT2D eigenvalue weighted by molar-refractivity contribution is -0.154. The Morgan fingerprint density at radius 1 is 1.20 bits per heavy atom. The van der Waals surface area contributed by atoms with E-state index in [0.29, 0.717) is 6.54 Å². The highest BCUT2D eigenvalue weighted by atomic mass is 32.2. The van der Waals surface area contributed by atoms with Crippen LogP contribution in [0, 0.1) is 0 Å². The fraction of sp³-hybridized carbons (Fsp3) is 0.263. The van der Waals surface area contributed by atoms with Crippen molar-refractivity contribution in [3.05, 3.63) is 60.2 Å². The average Bonchev–Trinajstić information content (AvgIpc) is 2.64. The van der Waals surface area contributed by atoms with Crippen LogP contribution in [0.3, 0.4) is 0 Å². The summed E-state index contributed by atoms with van der Waals surface area (Å²) in [5.41, 5.74) is 1.73. The first-order chi connectivity index (χ1) is 12.2. The van der Waals surface area contributed by atoms with Gasteiger partial charge in [0.1, 0.15) is 12.6 Å². The lowest BCUT2D eigenvalue weighted by Gasteiger charge is -2.34. The molecule has 130 valence electrons. The van der Waals surface area contributed by atoms with Gasteiger partial charge in [0.05, 0.1) is 12.3 Å². The van der Waals surface area contributed by atoms with E-state index in [4.69, 9.17) is 4.74 Å². The number of carbonyl (C=O) groups is 2. The Kier molecular flexibility index (Phi) is 5.73. The number of thioether (sulfide) groups is 1. The molecule has 0 radical (unpaired) electrons. The molecular weight excluding hydrogens is 336 g/mol. The molecule has 1 unspecified atom stereocenters. The van der Waals surface area contributed by atoms with Gasteiger partial charge < -0.3 is 15.0 Å². The van der Waals surface area contributed by atoms with Crippen molar-refractivity contribution >= 4 is 29.3 Å². The Morgan fingerprint density at radius 3 is 2.68 bits per heavy atom. The van der Waals surface area contributed by atoms with Crippen molar-refractivity contribution in [3.8, 4) is 0 Å². The minimum Gasteiger partial charge on any atom is -0.369 e. The zero-order valence-corrected chi connectivity index (χ0v) is 14.8. The Balaban J connectivity index is 1.77. The number of benzene rings is 2. The number of amides is 2. The van der Waals surface area contributed by atoms with E-state index in [0.717, 1.165) is 16.1 Å². The van der Waals surface area contributed by atoms with Gasteiger partial charge in [0.15, 0.2) is 0 Å². The van der Waals surface area contributed by atoms with Gasteiger partial charge >= 0.3 is 0 Å². The molecule has 2 amide bonds. The molecule has 2 aromatic rings. The van der Waals surface area contributed by atoms with Crippen molar-refractivity contribution in [3.63, 3.8) is 0 Å². The third-order valence-corrected chi connectivity index (χ3v) is 4.86. The number of rotatable bonds is 5. The molecular formula is C19H20N2O3S. The van der Waals surface area contributed by atoms with Crippen molar-refractivity contribution in [1.82, 2.24) is 4.90 Å². The number of hydrogen-bond donors (Lipinski definition) is 1. The summed E-state index contributed by atoms with van der Waals surface area (Å²) in [6.07, 6.45) is 1.96. The zero-order valence-electron chi connectivity index (χ0n) is 14.0. The first-order valence-electron chi connectivity index (χ1n) is 8.04. The van der Waals surface area contributed by atoms with Gasteiger partial charge in [0.25, 0.3) is 0 Å². The topological polar surface area (TPSA) is 58.6 Å². The largest absolute Gasteiger partial charge is 0.369 e. The molecule has 25 heavy (non-hydrogen) atoms. The highest BCUT2D eigenvalue weighted by molar-refractivity contribution is 7.98. The van der Waals surface area contributed by atoms with Gasteiger partial charge in [-0.05, 0) is 24.0 Å². The lowest BCUT2D eigenvalue weighted by Crippen LogP contribution is -2.54. The van der Waals surface area contributed by atoms with E-state index in [1.165, 1.54) is 0 Å². The van der Waals surface area contributed by atoms with E-state index in [9.17, 15) is 9.59 Å². The van der Waals surface area contributed by atoms with Gasteiger partial charge in [0.2, 0.25) is 11.8 Å². The van der Waals surface area contributed by atoms with Crippen molar-refractivity contribution in [2.45, 2.75) is 17.5 Å². The molecule has 5 nitrogen and oxygen atoms in total. The first-order valence-corrected chi connectivity index (χ1v) is 9.26. The summed E-state index contributed by atoms with van der Waals surface area (Å²) in [7, 11) is 0. The van der Waals surface area contributed by atoms with Crippen LogP contribution >= 0.6 is 11.8 Å². The average molecular weight is 356 g/mol. The molecule has 0 saturated carbocycles. The highest BCUT2D eigenvalue weighted by Gasteiger charge is 2.34. The van der Waals surface area contributed by atoms with Crippen LogP contribution in [0.1, 0.15) is 5.56 Å². The lowest BCUT2D eigenvalue weighted by atomic mass is 10.1. The molecule has 1 atom stereocenters. The summed E-state index contributed by atoms with van der Waals surface area (Å²) in [6, 6.07) is 16.6. The number of morpholine rings is 1. The maximum atomic E-state index is 12.8. The number of ether oxygens (including phenoxy) is 1. The third kappa shape index (κ3) is 4.21. The maximum absolute atomic E-state index is 12.8. The van der Waals surface area contributed by atoms with Gasteiger partial charge in [-0.25, -0.2) is 0 Å². The summed E-state index contributed by atoms with van der Waals surface area (Å²) >= 11 is 1.56. The van der Waals surface area contributed by atoms with Crippen LogP contribution in [0.25, 0.3) is 0 Å². The zero-order chi connectivity index (χ0) is 17.6. The minimum atomic E-state index is -0.642. The Bertz CT molecular complexity index is 751. The van der Waals surface area contributed by atoms with Crippen LogP contribution in [0.4, 0.5) is 5.69 Å². The van der Waals surface area contributed by atoms with Crippen molar-refractivity contribution in [2.24, 2.45) is 0 Å². The Morgan fingerprint density at radius 2 is 1.92 bits per heavy atom. The van der Waals surface area contributed by atoms with Gasteiger partial charge in [-0.15, -0.1) is 11.8 Å². The molecule has 2 aromatic carbocycles. The van der Waals surface area contributed by atoms with Gasteiger partial charge in [0, 0.05) is 11.4 Å². The number of carbonyl (C=O) groups excluding carboxylic acids is 2. The smallest absolute Gasteiger partial charge is 0.249 e. The molecule has 1 aliphatic rings. The summed E-state index contributed by atoms with van der Waals surface area (Å²) in [5.74, 6) is -0.404. The second kappa shape index (κ2) is 8.18. The van der Waals surface area contributed by atoms with Crippen LogP contribution in [-0.2, 0) is 20.9 Å². The van der Waals surface area contributed by atoms with Gasteiger partial charge in [-0.3, -0.25) is 9.59 Å². The molecule has 1 N–H and O–H groups in total. The predicted octanol–water partition coefficient (Wildman–Crippen LogP) is 2.77. The summed E-state index contributed by atoms with van der Waals surface area (Å²) in [6.45, 7) is 0.606. The standard InChI is InChI=1S/C19H20N2O3S/c1-25-17-10-6-5-9-15(17)20-19(23)16-12-24-13-18(22)21(16)11-14-7-3-2-4-8-14/h2-10,16H,11-13H2,1H3,(H,20,23). The number of para-hydroxylation sites is 1. The number of nitrogens with zero attached hydrogens (tertiary/aromatic N) is 1. The van der Waals surface area contributed by atoms with Crippen molar-refractivity contribution in [2.75, 3.05) is 24.8 Å². The van der Waals surface area contributed by atoms with Crippen LogP contribution in [-0.4, -0.2) is 42.2 Å². The molecule has 1 aliphatic heterocycles. The van der Waals surface area contributed by atoms with Gasteiger partial charge in [-0.2, -0.15) is 0 Å². The molecule has 3 rings (SSSR count). The van der Waals surface area contributed by atoms with Crippen LogP contribution in [0.5, 0.6) is 0 Å². The molecule has 1 saturated heterocycles. The number of hydrogen-bond acceptors (Lipinski definition) is 4. The molecule has 1 fully saturated rings.